The molecule has 0 spiro atoms. The molecule has 0 unspecified atom stereocenters. The molecule has 5 heteroatoms. The van der Waals surface area contributed by atoms with Crippen molar-refractivity contribution >= 4 is 5.97 Å². The van der Waals surface area contributed by atoms with Gasteiger partial charge in [0.1, 0.15) is 11.4 Å². The molecule has 2 aromatic rings. The lowest BCUT2D eigenvalue weighted by atomic mass is 10.0. The van der Waals surface area contributed by atoms with Crippen molar-refractivity contribution in [1.82, 2.24) is 9.55 Å². The van der Waals surface area contributed by atoms with Crippen molar-refractivity contribution in [3.8, 4) is 11.4 Å². The molecule has 0 N–H and O–H groups in total. The number of aryl methyl sites for hydroxylation is 1. The van der Waals surface area contributed by atoms with Crippen LogP contribution in [0.2, 0.25) is 0 Å². The van der Waals surface area contributed by atoms with Crippen LogP contribution < -0.4 is 5.56 Å². The Morgan fingerprint density at radius 3 is 3.00 bits per heavy atom. The summed E-state index contributed by atoms with van der Waals surface area (Å²) < 4.78 is 6.43. The summed E-state index contributed by atoms with van der Waals surface area (Å²) >= 11 is 0. The van der Waals surface area contributed by atoms with Crippen molar-refractivity contribution in [3.05, 3.63) is 51.9 Å². The highest BCUT2D eigenvalue weighted by molar-refractivity contribution is 5.88. The van der Waals surface area contributed by atoms with Crippen molar-refractivity contribution < 1.29 is 9.53 Å². The van der Waals surface area contributed by atoms with Crippen molar-refractivity contribution in [2.75, 3.05) is 6.61 Å². The molecule has 1 aromatic carbocycles. The third kappa shape index (κ3) is 1.91. The van der Waals surface area contributed by atoms with Gasteiger partial charge in [-0.2, -0.15) is 0 Å². The molecule has 1 aromatic heterocycles. The molecule has 0 bridgehead atoms. The van der Waals surface area contributed by atoms with Crippen LogP contribution in [0.25, 0.3) is 11.4 Å². The predicted octanol–water partition coefficient (Wildman–Crippen LogP) is 1.64. The van der Waals surface area contributed by atoms with Crippen molar-refractivity contribution in [2.24, 2.45) is 0 Å². The summed E-state index contributed by atoms with van der Waals surface area (Å²) in [4.78, 5) is 28.4. The summed E-state index contributed by atoms with van der Waals surface area (Å²) in [6, 6.07) is 7.86. The zero-order valence-corrected chi connectivity index (χ0v) is 11.1. The average Bonchev–Trinajstić information content (AvgIpc) is 2.47. The minimum Gasteiger partial charge on any atom is -0.462 e. The Bertz CT molecular complexity index is 734. The van der Waals surface area contributed by atoms with E-state index in [1.165, 1.54) is 11.8 Å². The maximum atomic E-state index is 12.4. The van der Waals surface area contributed by atoms with E-state index in [1.54, 1.807) is 11.5 Å². The molecule has 0 aliphatic carbocycles. The Balaban J connectivity index is 2.14. The molecule has 0 amide bonds. The topological polar surface area (TPSA) is 61.2 Å². The fourth-order valence-corrected chi connectivity index (χ4v) is 2.45. The van der Waals surface area contributed by atoms with Gasteiger partial charge in [0.05, 0.1) is 6.61 Å². The predicted molar refractivity (Wildman–Crippen MR) is 73.6 cm³/mol. The zero-order valence-electron chi connectivity index (χ0n) is 11.1. The minimum atomic E-state index is -0.612. The summed E-state index contributed by atoms with van der Waals surface area (Å²) in [7, 11) is 0. The lowest BCUT2D eigenvalue weighted by Gasteiger charge is -2.20. The maximum Gasteiger partial charge on any atom is 0.345 e. The standard InChI is InChI=1S/C15H14N2O3/c1-2-20-15(19)12-9-16-13-11-6-4-3-5-10(11)7-8-17(13)14(12)18/h3-6,9H,2,7-8H2,1H3. The van der Waals surface area contributed by atoms with E-state index in [9.17, 15) is 9.59 Å². The fraction of sp³-hybridized carbons (Fsp3) is 0.267. The van der Waals surface area contributed by atoms with Gasteiger partial charge in [0.2, 0.25) is 0 Å². The molecule has 102 valence electrons. The van der Waals surface area contributed by atoms with E-state index in [0.29, 0.717) is 12.4 Å². The van der Waals surface area contributed by atoms with E-state index in [0.717, 1.165) is 12.0 Å². The van der Waals surface area contributed by atoms with E-state index in [1.807, 2.05) is 24.3 Å². The molecule has 0 atom stereocenters. The molecule has 0 radical (unpaired) electrons. The first-order chi connectivity index (χ1) is 9.72. The van der Waals surface area contributed by atoms with Gasteiger partial charge in [0.25, 0.3) is 5.56 Å². The number of rotatable bonds is 2. The SMILES string of the molecule is CCOC(=O)c1cnc2n(c1=O)CCc1ccccc1-2. The van der Waals surface area contributed by atoms with Crippen LogP contribution in [0.1, 0.15) is 22.8 Å². The molecule has 1 aliphatic rings. The van der Waals surface area contributed by atoms with Crippen LogP contribution in [0.5, 0.6) is 0 Å². The number of carbonyl (C=O) groups is 1. The van der Waals surface area contributed by atoms with E-state index in [2.05, 4.69) is 4.98 Å². The largest absolute Gasteiger partial charge is 0.462 e. The summed E-state index contributed by atoms with van der Waals surface area (Å²) in [5, 5.41) is 0. The highest BCUT2D eigenvalue weighted by Crippen LogP contribution is 2.25. The van der Waals surface area contributed by atoms with Crippen LogP contribution in [-0.2, 0) is 17.7 Å². The van der Waals surface area contributed by atoms with Gasteiger partial charge in [0, 0.05) is 18.3 Å². The second kappa shape index (κ2) is 4.92. The second-order valence-corrected chi connectivity index (χ2v) is 4.58. The highest BCUT2D eigenvalue weighted by Gasteiger charge is 2.22. The zero-order chi connectivity index (χ0) is 14.1. The van der Waals surface area contributed by atoms with Crippen LogP contribution in [0.4, 0.5) is 0 Å². The Morgan fingerprint density at radius 1 is 1.40 bits per heavy atom. The Hall–Kier alpha value is -2.43. The summed E-state index contributed by atoms with van der Waals surface area (Å²) in [5.41, 5.74) is 1.78. The first kappa shape index (κ1) is 12.6. The van der Waals surface area contributed by atoms with Gasteiger partial charge in [-0.15, -0.1) is 0 Å². The van der Waals surface area contributed by atoms with Gasteiger partial charge >= 0.3 is 5.97 Å². The van der Waals surface area contributed by atoms with Gasteiger partial charge < -0.3 is 4.74 Å². The van der Waals surface area contributed by atoms with Gasteiger partial charge in [-0.25, -0.2) is 9.78 Å². The quantitative estimate of drug-likeness (QED) is 0.778. The van der Waals surface area contributed by atoms with Gasteiger partial charge in [0.15, 0.2) is 0 Å². The molecule has 3 rings (SSSR count). The minimum absolute atomic E-state index is 0.00465. The molecule has 0 saturated heterocycles. The number of nitrogens with zero attached hydrogens (tertiary/aromatic N) is 2. The summed E-state index contributed by atoms with van der Waals surface area (Å²) in [6.45, 7) is 2.48. The number of fused-ring (bicyclic) bond motifs is 3. The van der Waals surface area contributed by atoms with E-state index in [4.69, 9.17) is 4.74 Å². The van der Waals surface area contributed by atoms with Crippen LogP contribution in [0.15, 0.2) is 35.3 Å². The van der Waals surface area contributed by atoms with Crippen molar-refractivity contribution in [3.63, 3.8) is 0 Å². The summed E-state index contributed by atoms with van der Waals surface area (Å²) in [6.07, 6.45) is 2.07. The van der Waals surface area contributed by atoms with Gasteiger partial charge in [-0.05, 0) is 18.9 Å². The summed E-state index contributed by atoms with van der Waals surface area (Å²) in [5.74, 6) is 0.00376. The van der Waals surface area contributed by atoms with Crippen molar-refractivity contribution in [1.29, 1.82) is 0 Å². The molecule has 0 fully saturated rings. The first-order valence-electron chi connectivity index (χ1n) is 6.57. The number of hydrogen-bond acceptors (Lipinski definition) is 4. The van der Waals surface area contributed by atoms with Gasteiger partial charge in [-0.1, -0.05) is 24.3 Å². The smallest absolute Gasteiger partial charge is 0.345 e. The van der Waals surface area contributed by atoms with Crippen LogP contribution in [0, 0.1) is 0 Å². The van der Waals surface area contributed by atoms with Crippen molar-refractivity contribution in [2.45, 2.75) is 19.9 Å². The first-order valence-corrected chi connectivity index (χ1v) is 6.57. The van der Waals surface area contributed by atoms with E-state index < -0.39 is 5.97 Å². The monoisotopic (exact) mass is 270 g/mol. The van der Waals surface area contributed by atoms with Crippen LogP contribution in [0.3, 0.4) is 0 Å². The molecule has 0 saturated carbocycles. The Kier molecular flexibility index (Phi) is 3.10. The number of benzene rings is 1. The number of esters is 1. The average molecular weight is 270 g/mol. The molecule has 2 heterocycles. The second-order valence-electron chi connectivity index (χ2n) is 4.58. The fourth-order valence-electron chi connectivity index (χ4n) is 2.45. The molecular formula is C15H14N2O3. The number of aromatic nitrogens is 2. The number of ether oxygens (including phenoxy) is 1. The van der Waals surface area contributed by atoms with Crippen LogP contribution >= 0.6 is 0 Å². The Labute approximate surface area is 115 Å². The maximum absolute atomic E-state index is 12.4. The van der Waals surface area contributed by atoms with Gasteiger partial charge in [-0.3, -0.25) is 9.36 Å². The highest BCUT2D eigenvalue weighted by atomic mass is 16.5. The number of carbonyl (C=O) groups excluding carboxylic acids is 1. The molecule has 1 aliphatic heterocycles. The lowest BCUT2D eigenvalue weighted by molar-refractivity contribution is 0.0523. The van der Waals surface area contributed by atoms with E-state index >= 15 is 0 Å². The normalized spacial score (nSPS) is 12.4. The lowest BCUT2D eigenvalue weighted by Crippen LogP contribution is -2.32. The van der Waals surface area contributed by atoms with Crippen LogP contribution in [-0.4, -0.2) is 22.1 Å². The van der Waals surface area contributed by atoms with E-state index in [-0.39, 0.29) is 17.7 Å². The Morgan fingerprint density at radius 2 is 2.20 bits per heavy atom. The molecule has 5 nitrogen and oxygen atoms in total. The third-order valence-electron chi connectivity index (χ3n) is 3.41. The molecular weight excluding hydrogens is 256 g/mol. The third-order valence-corrected chi connectivity index (χ3v) is 3.41. The molecule has 20 heavy (non-hydrogen) atoms. The number of hydrogen-bond donors (Lipinski definition) is 0.